The van der Waals surface area contributed by atoms with Crippen LogP contribution in [0.5, 0.6) is 0 Å². The topological polar surface area (TPSA) is 77.8 Å². The van der Waals surface area contributed by atoms with E-state index >= 15 is 0 Å². The summed E-state index contributed by atoms with van der Waals surface area (Å²) in [6.45, 7) is 0. The number of nitrogens with one attached hydrogen (secondary N) is 2. The van der Waals surface area contributed by atoms with E-state index in [0.29, 0.717) is 16.9 Å². The van der Waals surface area contributed by atoms with Crippen LogP contribution < -0.4 is 10.6 Å². The van der Waals surface area contributed by atoms with Crippen molar-refractivity contribution in [2.45, 2.75) is 6.18 Å². The fraction of sp³-hybridized carbons (Fsp3) is 0.0500. The zero-order valence-corrected chi connectivity index (χ0v) is 14.3. The number of rotatable bonds is 4. The molecule has 0 radical (unpaired) electrons. The maximum atomic E-state index is 12.6. The van der Waals surface area contributed by atoms with Gasteiger partial charge in [-0.3, -0.25) is 4.79 Å². The summed E-state index contributed by atoms with van der Waals surface area (Å²) >= 11 is 0. The lowest BCUT2D eigenvalue weighted by Gasteiger charge is -2.09. The molecule has 0 aliphatic heterocycles. The summed E-state index contributed by atoms with van der Waals surface area (Å²) in [5.74, 6) is -0.544. The number of halogens is 3. The Kier molecular flexibility index (Phi) is 5.27. The van der Waals surface area contributed by atoms with Crippen LogP contribution in [0.4, 0.5) is 30.2 Å². The zero-order chi connectivity index (χ0) is 20.1. The number of aromatic nitrogens is 1. The van der Waals surface area contributed by atoms with Crippen LogP contribution in [-0.2, 0) is 6.18 Å². The van der Waals surface area contributed by atoms with Gasteiger partial charge in [0.25, 0.3) is 5.91 Å². The van der Waals surface area contributed by atoms with Gasteiger partial charge in [0.05, 0.1) is 29.1 Å². The Hall–Kier alpha value is -3.86. The maximum absolute atomic E-state index is 12.6. The average molecular weight is 382 g/mol. The van der Waals surface area contributed by atoms with Gasteiger partial charge < -0.3 is 10.6 Å². The first-order valence-corrected chi connectivity index (χ1v) is 8.07. The third kappa shape index (κ3) is 4.65. The Bertz CT molecular complexity index is 1020. The standard InChI is InChI=1S/C20H13F3N4O/c21-20(22,23)14-4-6-15(7-5-14)27-19(28)18-9-8-17(12-25-18)26-16-3-1-2-13(10-16)11-24/h1-10,12,26H,(H,27,28). The first kappa shape index (κ1) is 18.9. The summed E-state index contributed by atoms with van der Waals surface area (Å²) in [4.78, 5) is 16.2. The third-order valence-corrected chi connectivity index (χ3v) is 3.75. The van der Waals surface area contributed by atoms with Crippen LogP contribution in [0.2, 0.25) is 0 Å². The number of benzene rings is 2. The molecule has 1 amide bonds. The lowest BCUT2D eigenvalue weighted by atomic mass is 10.2. The molecule has 1 aromatic heterocycles. The number of hydrogen-bond donors (Lipinski definition) is 2. The first-order chi connectivity index (χ1) is 13.3. The number of anilines is 3. The Morgan fingerprint density at radius 2 is 1.68 bits per heavy atom. The minimum atomic E-state index is -4.43. The van der Waals surface area contributed by atoms with Crippen molar-refractivity contribution in [3.8, 4) is 6.07 Å². The van der Waals surface area contributed by atoms with E-state index in [1.54, 1.807) is 30.3 Å². The van der Waals surface area contributed by atoms with E-state index < -0.39 is 17.6 Å². The molecular weight excluding hydrogens is 369 g/mol. The zero-order valence-electron chi connectivity index (χ0n) is 14.3. The third-order valence-electron chi connectivity index (χ3n) is 3.75. The molecule has 0 bridgehead atoms. The van der Waals surface area contributed by atoms with Crippen molar-refractivity contribution in [3.63, 3.8) is 0 Å². The Labute approximate surface area is 158 Å². The molecule has 0 saturated carbocycles. The van der Waals surface area contributed by atoms with E-state index in [9.17, 15) is 18.0 Å². The second kappa shape index (κ2) is 7.80. The van der Waals surface area contributed by atoms with Gasteiger partial charge in [-0.1, -0.05) is 6.07 Å². The quantitative estimate of drug-likeness (QED) is 0.668. The van der Waals surface area contributed by atoms with Gasteiger partial charge in [-0.15, -0.1) is 0 Å². The summed E-state index contributed by atoms with van der Waals surface area (Å²) < 4.78 is 37.7. The van der Waals surface area contributed by atoms with Crippen LogP contribution in [0.15, 0.2) is 66.9 Å². The number of hydrogen-bond acceptors (Lipinski definition) is 4. The monoisotopic (exact) mass is 382 g/mol. The van der Waals surface area contributed by atoms with Crippen molar-refractivity contribution in [3.05, 3.63) is 83.7 Å². The molecule has 0 atom stereocenters. The molecule has 0 unspecified atom stereocenters. The highest BCUT2D eigenvalue weighted by molar-refractivity contribution is 6.02. The normalized spacial score (nSPS) is 10.8. The summed E-state index contributed by atoms with van der Waals surface area (Å²) in [7, 11) is 0. The number of pyridine rings is 1. The van der Waals surface area contributed by atoms with Crippen molar-refractivity contribution in [2.24, 2.45) is 0 Å². The molecule has 3 rings (SSSR count). The van der Waals surface area contributed by atoms with E-state index in [1.807, 2.05) is 6.07 Å². The van der Waals surface area contributed by atoms with Gasteiger partial charge >= 0.3 is 6.18 Å². The van der Waals surface area contributed by atoms with E-state index in [0.717, 1.165) is 12.1 Å². The molecule has 2 N–H and O–H groups in total. The van der Waals surface area contributed by atoms with Gasteiger partial charge in [-0.2, -0.15) is 18.4 Å². The summed E-state index contributed by atoms with van der Waals surface area (Å²) in [5.41, 5.74) is 1.36. The SMILES string of the molecule is N#Cc1cccc(Nc2ccc(C(=O)Nc3ccc(C(F)(F)F)cc3)nc2)c1. The number of nitrogens with zero attached hydrogens (tertiary/aromatic N) is 2. The maximum Gasteiger partial charge on any atom is 0.416 e. The van der Waals surface area contributed by atoms with Gasteiger partial charge in [0.2, 0.25) is 0 Å². The summed E-state index contributed by atoms with van der Waals surface area (Å²) in [6, 6.07) is 16.2. The predicted molar refractivity (Wildman–Crippen MR) is 98.1 cm³/mol. The molecule has 8 heteroatoms. The minimum Gasteiger partial charge on any atom is -0.354 e. The number of alkyl halides is 3. The molecule has 0 aliphatic carbocycles. The van der Waals surface area contributed by atoms with E-state index in [2.05, 4.69) is 15.6 Å². The van der Waals surface area contributed by atoms with Crippen molar-refractivity contribution in [1.29, 1.82) is 5.26 Å². The number of nitriles is 1. The van der Waals surface area contributed by atoms with Gasteiger partial charge in [0.1, 0.15) is 5.69 Å². The van der Waals surface area contributed by atoms with Crippen molar-refractivity contribution in [2.75, 3.05) is 10.6 Å². The molecular formula is C20H13F3N4O. The molecule has 3 aromatic rings. The molecule has 2 aromatic carbocycles. The van der Waals surface area contributed by atoms with E-state index in [1.165, 1.54) is 24.4 Å². The Balaban J connectivity index is 1.66. The van der Waals surface area contributed by atoms with Crippen molar-refractivity contribution in [1.82, 2.24) is 4.98 Å². The summed E-state index contributed by atoms with van der Waals surface area (Å²) in [5, 5.41) is 14.5. The fourth-order valence-electron chi connectivity index (χ4n) is 2.37. The highest BCUT2D eigenvalue weighted by Gasteiger charge is 2.30. The largest absolute Gasteiger partial charge is 0.416 e. The second-order valence-corrected chi connectivity index (χ2v) is 5.78. The van der Waals surface area contributed by atoms with Crippen molar-refractivity contribution < 1.29 is 18.0 Å². The molecule has 5 nitrogen and oxygen atoms in total. The molecule has 0 aliphatic rings. The molecule has 28 heavy (non-hydrogen) atoms. The van der Waals surface area contributed by atoms with Crippen LogP contribution in [0, 0.1) is 11.3 Å². The van der Waals surface area contributed by atoms with Crippen LogP contribution in [0.25, 0.3) is 0 Å². The van der Waals surface area contributed by atoms with E-state index in [-0.39, 0.29) is 11.4 Å². The molecule has 0 saturated heterocycles. The van der Waals surface area contributed by atoms with Crippen LogP contribution in [0.1, 0.15) is 21.6 Å². The number of carbonyl (C=O) groups excluding carboxylic acids is 1. The minimum absolute atomic E-state index is 0.108. The van der Waals surface area contributed by atoms with Gasteiger partial charge in [0, 0.05) is 11.4 Å². The van der Waals surface area contributed by atoms with Crippen molar-refractivity contribution >= 4 is 23.0 Å². The molecule has 0 fully saturated rings. The van der Waals surface area contributed by atoms with E-state index in [4.69, 9.17) is 5.26 Å². The fourth-order valence-corrected chi connectivity index (χ4v) is 2.37. The van der Waals surface area contributed by atoms with Crippen LogP contribution in [-0.4, -0.2) is 10.9 Å². The highest BCUT2D eigenvalue weighted by Crippen LogP contribution is 2.29. The number of carbonyl (C=O) groups is 1. The number of amides is 1. The lowest BCUT2D eigenvalue weighted by Crippen LogP contribution is -2.14. The predicted octanol–water partition coefficient (Wildman–Crippen LogP) is 4.97. The summed E-state index contributed by atoms with van der Waals surface area (Å²) in [6.07, 6.45) is -2.99. The highest BCUT2D eigenvalue weighted by atomic mass is 19.4. The van der Waals surface area contributed by atoms with Gasteiger partial charge in [0.15, 0.2) is 0 Å². The Morgan fingerprint density at radius 1 is 0.964 bits per heavy atom. The lowest BCUT2D eigenvalue weighted by molar-refractivity contribution is -0.137. The molecule has 0 spiro atoms. The first-order valence-electron chi connectivity index (χ1n) is 8.07. The Morgan fingerprint density at radius 3 is 2.29 bits per heavy atom. The molecule has 1 heterocycles. The van der Waals surface area contributed by atoms with Gasteiger partial charge in [-0.05, 0) is 54.6 Å². The smallest absolute Gasteiger partial charge is 0.354 e. The van der Waals surface area contributed by atoms with Crippen LogP contribution >= 0.6 is 0 Å². The average Bonchev–Trinajstić information content (AvgIpc) is 2.68. The van der Waals surface area contributed by atoms with Gasteiger partial charge in [-0.25, -0.2) is 4.98 Å². The second-order valence-electron chi connectivity index (χ2n) is 5.78. The molecule has 140 valence electrons. The van der Waals surface area contributed by atoms with Crippen LogP contribution in [0.3, 0.4) is 0 Å².